The minimum Gasteiger partial charge on any atom is -0.490 e. The zero-order valence-corrected chi connectivity index (χ0v) is 14.3. The van der Waals surface area contributed by atoms with Gasteiger partial charge in [-0.05, 0) is 50.2 Å². The van der Waals surface area contributed by atoms with Gasteiger partial charge in [0, 0.05) is 24.2 Å². The molecule has 0 saturated heterocycles. The molecule has 1 unspecified atom stereocenters. The molecule has 1 aromatic rings. The van der Waals surface area contributed by atoms with Crippen LogP contribution in [-0.4, -0.2) is 23.6 Å². The van der Waals surface area contributed by atoms with Gasteiger partial charge in [-0.15, -0.1) is 0 Å². The molecule has 3 rings (SSSR count). The van der Waals surface area contributed by atoms with Crippen molar-refractivity contribution in [1.82, 2.24) is 4.90 Å². The van der Waals surface area contributed by atoms with E-state index in [1.165, 1.54) is 24.0 Å². The Kier molecular flexibility index (Phi) is 4.20. The lowest BCUT2D eigenvalue weighted by atomic mass is 9.99. The summed E-state index contributed by atoms with van der Waals surface area (Å²) in [6, 6.07) is 5.43. The van der Waals surface area contributed by atoms with Crippen LogP contribution in [0.1, 0.15) is 57.6 Å². The summed E-state index contributed by atoms with van der Waals surface area (Å²) in [6.45, 7) is 10.7. The second kappa shape index (κ2) is 5.81. The van der Waals surface area contributed by atoms with Crippen molar-refractivity contribution in [3.05, 3.63) is 28.3 Å². The van der Waals surface area contributed by atoms with Gasteiger partial charge in [-0.2, -0.15) is 0 Å². The Morgan fingerprint density at radius 2 is 1.90 bits per heavy atom. The Balaban J connectivity index is 1.96. The molecule has 1 aliphatic heterocycles. The van der Waals surface area contributed by atoms with Gasteiger partial charge in [0.25, 0.3) is 0 Å². The second-order valence-corrected chi connectivity index (χ2v) is 7.53. The van der Waals surface area contributed by atoms with E-state index in [0.29, 0.717) is 18.0 Å². The van der Waals surface area contributed by atoms with Gasteiger partial charge >= 0.3 is 0 Å². The minimum atomic E-state index is 0.489. The molecule has 1 saturated carbocycles. The Labute approximate surface area is 133 Å². The average molecular weight is 308 g/mol. The fraction of sp³-hybridized carbons (Fsp3) is 0.667. The summed E-state index contributed by atoms with van der Waals surface area (Å²) in [5.74, 6) is 2.21. The van der Waals surface area contributed by atoms with Crippen LogP contribution in [0, 0.1) is 5.92 Å². The van der Waals surface area contributed by atoms with Crippen LogP contribution in [0.15, 0.2) is 12.1 Å². The molecule has 2 aliphatic rings. The number of hydrogen-bond acceptors (Lipinski definition) is 2. The summed E-state index contributed by atoms with van der Waals surface area (Å²) in [4.78, 5) is 2.60. The van der Waals surface area contributed by atoms with Crippen molar-refractivity contribution in [3.63, 3.8) is 0 Å². The Morgan fingerprint density at radius 1 is 1.19 bits per heavy atom. The first-order valence-corrected chi connectivity index (χ1v) is 8.56. The summed E-state index contributed by atoms with van der Waals surface area (Å²) in [5, 5.41) is 0.774. The lowest BCUT2D eigenvalue weighted by molar-refractivity contribution is 0.0983. The second-order valence-electron chi connectivity index (χ2n) is 7.13. The van der Waals surface area contributed by atoms with Gasteiger partial charge in [0.1, 0.15) is 12.4 Å². The maximum atomic E-state index is 6.49. The van der Waals surface area contributed by atoms with Crippen molar-refractivity contribution in [1.29, 1.82) is 0 Å². The molecule has 1 fully saturated rings. The van der Waals surface area contributed by atoms with E-state index in [9.17, 15) is 0 Å². The highest BCUT2D eigenvalue weighted by Gasteiger charge is 2.38. The van der Waals surface area contributed by atoms with Crippen molar-refractivity contribution in [2.24, 2.45) is 5.92 Å². The SMILES string of the molecule is CC(C)c1cc(Cl)c2c(c1)CN(C(C)C)C(C1CC1)CO2. The summed E-state index contributed by atoms with van der Waals surface area (Å²) in [6.07, 6.45) is 2.69. The monoisotopic (exact) mass is 307 g/mol. The standard InChI is InChI=1S/C18H26ClNO/c1-11(2)14-7-15-9-20(12(3)4)17(13-5-6-13)10-21-18(15)16(19)8-14/h7-8,11-13,17H,5-6,9-10H2,1-4H3. The third-order valence-electron chi connectivity index (χ3n) is 4.82. The van der Waals surface area contributed by atoms with Gasteiger partial charge in [0.2, 0.25) is 0 Å². The quantitative estimate of drug-likeness (QED) is 0.792. The van der Waals surface area contributed by atoms with Gasteiger partial charge in [-0.3, -0.25) is 4.90 Å². The van der Waals surface area contributed by atoms with Gasteiger partial charge in [-0.25, -0.2) is 0 Å². The maximum absolute atomic E-state index is 6.49. The number of halogens is 1. The van der Waals surface area contributed by atoms with E-state index >= 15 is 0 Å². The molecule has 1 aliphatic carbocycles. The highest BCUT2D eigenvalue weighted by Crippen LogP contribution is 2.41. The summed E-state index contributed by atoms with van der Waals surface area (Å²) in [5.41, 5.74) is 2.55. The fourth-order valence-electron chi connectivity index (χ4n) is 3.32. The molecule has 0 amide bonds. The molecule has 1 aromatic carbocycles. The summed E-state index contributed by atoms with van der Waals surface area (Å²) >= 11 is 6.49. The molecule has 21 heavy (non-hydrogen) atoms. The van der Waals surface area contributed by atoms with Gasteiger partial charge in [-0.1, -0.05) is 31.5 Å². The molecule has 3 heteroatoms. The van der Waals surface area contributed by atoms with Crippen molar-refractivity contribution in [3.8, 4) is 5.75 Å². The van der Waals surface area contributed by atoms with Crippen LogP contribution in [0.3, 0.4) is 0 Å². The number of rotatable bonds is 3. The number of fused-ring (bicyclic) bond motifs is 1. The van der Waals surface area contributed by atoms with Crippen molar-refractivity contribution in [2.45, 2.75) is 65.1 Å². The van der Waals surface area contributed by atoms with E-state index < -0.39 is 0 Å². The molecule has 0 aromatic heterocycles. The van der Waals surface area contributed by atoms with Gasteiger partial charge in [0.05, 0.1) is 5.02 Å². The molecule has 116 valence electrons. The zero-order chi connectivity index (χ0) is 15.1. The number of benzene rings is 1. The van der Waals surface area contributed by atoms with Crippen LogP contribution in [-0.2, 0) is 6.54 Å². The predicted octanol–water partition coefficient (Wildman–Crippen LogP) is 4.84. The molecular weight excluding hydrogens is 282 g/mol. The fourth-order valence-corrected chi connectivity index (χ4v) is 3.62. The first-order chi connectivity index (χ1) is 9.97. The summed E-state index contributed by atoms with van der Waals surface area (Å²) in [7, 11) is 0. The zero-order valence-electron chi connectivity index (χ0n) is 13.5. The van der Waals surface area contributed by atoms with Crippen molar-refractivity contribution < 1.29 is 4.74 Å². The third-order valence-corrected chi connectivity index (χ3v) is 5.10. The highest BCUT2D eigenvalue weighted by atomic mass is 35.5. The molecule has 0 spiro atoms. The number of ether oxygens (including phenoxy) is 1. The van der Waals surface area contributed by atoms with Crippen LogP contribution >= 0.6 is 11.6 Å². The van der Waals surface area contributed by atoms with Gasteiger partial charge < -0.3 is 4.74 Å². The summed E-state index contributed by atoms with van der Waals surface area (Å²) < 4.78 is 6.13. The smallest absolute Gasteiger partial charge is 0.142 e. The van der Waals surface area contributed by atoms with Crippen LogP contribution in [0.5, 0.6) is 5.75 Å². The van der Waals surface area contributed by atoms with E-state index in [-0.39, 0.29) is 0 Å². The lowest BCUT2D eigenvalue weighted by Gasteiger charge is -2.32. The molecule has 0 N–H and O–H groups in total. The normalized spacial score (nSPS) is 23.1. The number of nitrogens with zero attached hydrogens (tertiary/aromatic N) is 1. The van der Waals surface area contributed by atoms with E-state index in [1.54, 1.807) is 0 Å². The van der Waals surface area contributed by atoms with Crippen LogP contribution < -0.4 is 4.74 Å². The highest BCUT2D eigenvalue weighted by molar-refractivity contribution is 6.32. The van der Waals surface area contributed by atoms with Crippen LogP contribution in [0.2, 0.25) is 5.02 Å². The topological polar surface area (TPSA) is 12.5 Å². The van der Waals surface area contributed by atoms with Crippen LogP contribution in [0.25, 0.3) is 0 Å². The Bertz CT molecular complexity index is 522. The number of hydrogen-bond donors (Lipinski definition) is 0. The lowest BCUT2D eigenvalue weighted by Crippen LogP contribution is -2.43. The third kappa shape index (κ3) is 3.07. The van der Waals surface area contributed by atoms with Crippen molar-refractivity contribution >= 4 is 11.6 Å². The first-order valence-electron chi connectivity index (χ1n) is 8.18. The van der Waals surface area contributed by atoms with E-state index in [4.69, 9.17) is 16.3 Å². The Hall–Kier alpha value is -0.730. The molecule has 0 radical (unpaired) electrons. The van der Waals surface area contributed by atoms with E-state index in [1.807, 2.05) is 0 Å². The average Bonchev–Trinajstić information content (AvgIpc) is 3.23. The molecule has 1 atom stereocenters. The molecule has 2 nitrogen and oxygen atoms in total. The first kappa shape index (κ1) is 15.2. The van der Waals surface area contributed by atoms with Crippen LogP contribution in [0.4, 0.5) is 0 Å². The largest absolute Gasteiger partial charge is 0.490 e. The molecule has 1 heterocycles. The van der Waals surface area contributed by atoms with E-state index in [0.717, 1.165) is 29.8 Å². The predicted molar refractivity (Wildman–Crippen MR) is 88.2 cm³/mol. The maximum Gasteiger partial charge on any atom is 0.142 e. The molecular formula is C18H26ClNO. The Morgan fingerprint density at radius 3 is 2.48 bits per heavy atom. The molecule has 0 bridgehead atoms. The van der Waals surface area contributed by atoms with E-state index in [2.05, 4.69) is 44.7 Å². The van der Waals surface area contributed by atoms with Crippen molar-refractivity contribution in [2.75, 3.05) is 6.61 Å². The minimum absolute atomic E-state index is 0.489. The van der Waals surface area contributed by atoms with Gasteiger partial charge in [0.15, 0.2) is 0 Å².